The molecule has 0 atom stereocenters. The van der Waals surface area contributed by atoms with E-state index in [-0.39, 0.29) is 18.9 Å². The number of benzene rings is 2. The lowest BCUT2D eigenvalue weighted by Crippen LogP contribution is -2.31. The second-order valence-corrected chi connectivity index (χ2v) is 8.14. The molecule has 0 aliphatic heterocycles. The Kier molecular flexibility index (Phi) is 6.26. The number of hydrogen-bond acceptors (Lipinski definition) is 5. The van der Waals surface area contributed by atoms with Crippen LogP contribution in [0.2, 0.25) is 5.02 Å². The van der Waals surface area contributed by atoms with Crippen LogP contribution in [0.5, 0.6) is 5.75 Å². The summed E-state index contributed by atoms with van der Waals surface area (Å²) in [6.07, 6.45) is 1.94. The van der Waals surface area contributed by atoms with Gasteiger partial charge in [0.2, 0.25) is 5.91 Å². The lowest BCUT2D eigenvalue weighted by molar-refractivity contribution is -0.119. The van der Waals surface area contributed by atoms with Gasteiger partial charge >= 0.3 is 0 Å². The molecule has 0 radical (unpaired) electrons. The van der Waals surface area contributed by atoms with Crippen molar-refractivity contribution in [2.75, 3.05) is 11.5 Å². The van der Waals surface area contributed by atoms with Crippen molar-refractivity contribution < 1.29 is 9.53 Å². The van der Waals surface area contributed by atoms with Crippen LogP contribution in [-0.4, -0.2) is 22.5 Å². The number of rotatable bonds is 7. The van der Waals surface area contributed by atoms with Gasteiger partial charge in [-0.3, -0.25) is 14.7 Å². The molecular weight excluding hydrogens is 418 g/mol. The van der Waals surface area contributed by atoms with Crippen LogP contribution in [0.15, 0.2) is 66.9 Å². The summed E-state index contributed by atoms with van der Waals surface area (Å²) in [7, 11) is 0. The van der Waals surface area contributed by atoms with Gasteiger partial charge in [-0.25, -0.2) is 4.98 Å². The molecule has 0 N–H and O–H groups in total. The number of pyridine rings is 1. The minimum atomic E-state index is -0.0792. The van der Waals surface area contributed by atoms with E-state index in [1.54, 1.807) is 11.1 Å². The van der Waals surface area contributed by atoms with E-state index in [2.05, 4.69) is 4.98 Å². The number of hydrogen-bond donors (Lipinski definition) is 0. The Labute approximate surface area is 183 Å². The third kappa shape index (κ3) is 4.61. The summed E-state index contributed by atoms with van der Waals surface area (Å²) < 4.78 is 6.59. The van der Waals surface area contributed by atoms with Crippen LogP contribution >= 0.6 is 22.9 Å². The van der Waals surface area contributed by atoms with Crippen LogP contribution in [0, 0.1) is 6.92 Å². The van der Waals surface area contributed by atoms with Gasteiger partial charge in [-0.1, -0.05) is 53.3 Å². The molecule has 7 heteroatoms. The van der Waals surface area contributed by atoms with Gasteiger partial charge in [0.15, 0.2) is 5.13 Å². The maximum absolute atomic E-state index is 13.1. The van der Waals surface area contributed by atoms with Crippen molar-refractivity contribution in [2.24, 2.45) is 0 Å². The number of aryl methyl sites for hydroxylation is 1. The van der Waals surface area contributed by atoms with Crippen molar-refractivity contribution in [1.29, 1.82) is 0 Å². The number of anilines is 1. The summed E-state index contributed by atoms with van der Waals surface area (Å²) in [5.41, 5.74) is 2.63. The Morgan fingerprint density at radius 2 is 1.90 bits per heavy atom. The van der Waals surface area contributed by atoms with E-state index in [9.17, 15) is 4.79 Å². The minimum Gasteiger partial charge on any atom is -0.493 e. The number of ether oxygens (including phenoxy) is 1. The molecule has 0 saturated heterocycles. The molecule has 0 aliphatic rings. The van der Waals surface area contributed by atoms with Crippen LogP contribution < -0.4 is 9.64 Å². The number of aromatic nitrogens is 2. The SMILES string of the molecule is Cc1ccc(Cl)c2sc(N(Cc3ccccn3)C(=O)CCOc3ccccc3)nc12. The summed E-state index contributed by atoms with van der Waals surface area (Å²) in [4.78, 5) is 23.9. The number of amides is 1. The molecule has 0 fully saturated rings. The molecule has 0 unspecified atom stereocenters. The standard InChI is InChI=1S/C23H20ClN3O2S/c1-16-10-11-19(24)22-21(16)26-23(30-22)27(15-17-7-5-6-13-25-17)20(28)12-14-29-18-8-3-2-4-9-18/h2-11,13H,12,14-15H2,1H3. The molecule has 152 valence electrons. The molecule has 0 saturated carbocycles. The van der Waals surface area contributed by atoms with Crippen LogP contribution in [0.4, 0.5) is 5.13 Å². The van der Waals surface area contributed by atoms with E-state index in [0.29, 0.717) is 16.7 Å². The highest BCUT2D eigenvalue weighted by molar-refractivity contribution is 7.23. The van der Waals surface area contributed by atoms with Crippen LogP contribution in [0.3, 0.4) is 0 Å². The van der Waals surface area contributed by atoms with Crippen LogP contribution in [0.25, 0.3) is 10.2 Å². The van der Waals surface area contributed by atoms with Gasteiger partial charge in [0.05, 0.1) is 40.5 Å². The number of thiazole rings is 1. The number of halogens is 1. The van der Waals surface area contributed by atoms with Crippen molar-refractivity contribution >= 4 is 44.2 Å². The predicted molar refractivity (Wildman–Crippen MR) is 121 cm³/mol. The molecular formula is C23H20ClN3O2S. The van der Waals surface area contributed by atoms with E-state index < -0.39 is 0 Å². The summed E-state index contributed by atoms with van der Waals surface area (Å²) in [6, 6.07) is 18.9. The Bertz CT molecular complexity index is 1110. The molecule has 30 heavy (non-hydrogen) atoms. The Hall–Kier alpha value is -2.96. The monoisotopic (exact) mass is 437 g/mol. The van der Waals surface area contributed by atoms with Crippen molar-refractivity contribution in [3.8, 4) is 5.75 Å². The second-order valence-electron chi connectivity index (χ2n) is 6.75. The van der Waals surface area contributed by atoms with Crippen molar-refractivity contribution in [2.45, 2.75) is 19.9 Å². The Balaban J connectivity index is 1.58. The highest BCUT2D eigenvalue weighted by atomic mass is 35.5. The zero-order chi connectivity index (χ0) is 20.9. The Morgan fingerprint density at radius 1 is 1.10 bits per heavy atom. The average molecular weight is 438 g/mol. The van der Waals surface area contributed by atoms with Gasteiger partial charge in [0.1, 0.15) is 5.75 Å². The van der Waals surface area contributed by atoms with E-state index >= 15 is 0 Å². The highest BCUT2D eigenvalue weighted by Gasteiger charge is 2.22. The maximum Gasteiger partial charge on any atom is 0.232 e. The number of carbonyl (C=O) groups excluding carboxylic acids is 1. The van der Waals surface area contributed by atoms with Gasteiger partial charge in [-0.15, -0.1) is 0 Å². The first kappa shape index (κ1) is 20.3. The lowest BCUT2D eigenvalue weighted by atomic mass is 10.2. The number of para-hydroxylation sites is 1. The first-order valence-electron chi connectivity index (χ1n) is 9.55. The molecule has 5 nitrogen and oxygen atoms in total. The van der Waals surface area contributed by atoms with E-state index in [1.807, 2.05) is 67.6 Å². The minimum absolute atomic E-state index is 0.0792. The first-order chi connectivity index (χ1) is 14.6. The van der Waals surface area contributed by atoms with Crippen LogP contribution in [0.1, 0.15) is 17.7 Å². The smallest absolute Gasteiger partial charge is 0.232 e. The molecule has 0 bridgehead atoms. The maximum atomic E-state index is 13.1. The number of carbonyl (C=O) groups is 1. The van der Waals surface area contributed by atoms with Gasteiger partial charge in [0.25, 0.3) is 0 Å². The highest BCUT2D eigenvalue weighted by Crippen LogP contribution is 2.36. The fourth-order valence-corrected chi connectivity index (χ4v) is 4.36. The van der Waals surface area contributed by atoms with E-state index in [4.69, 9.17) is 21.3 Å². The molecule has 0 spiro atoms. The van der Waals surface area contributed by atoms with Crippen molar-refractivity contribution in [3.63, 3.8) is 0 Å². The third-order valence-corrected chi connectivity index (χ3v) is 6.13. The number of nitrogens with zero attached hydrogens (tertiary/aromatic N) is 3. The lowest BCUT2D eigenvalue weighted by Gasteiger charge is -2.19. The summed E-state index contributed by atoms with van der Waals surface area (Å²) in [5, 5.41) is 1.24. The fourth-order valence-electron chi connectivity index (χ4n) is 3.03. The van der Waals surface area contributed by atoms with Gasteiger partial charge in [0, 0.05) is 6.20 Å². The largest absolute Gasteiger partial charge is 0.493 e. The Morgan fingerprint density at radius 3 is 2.63 bits per heavy atom. The fraction of sp³-hybridized carbons (Fsp3) is 0.174. The van der Waals surface area contributed by atoms with Gasteiger partial charge in [-0.05, 0) is 42.8 Å². The molecule has 2 aromatic carbocycles. The molecule has 2 aromatic heterocycles. The zero-order valence-electron chi connectivity index (χ0n) is 16.4. The zero-order valence-corrected chi connectivity index (χ0v) is 18.0. The molecule has 4 rings (SSSR count). The molecule has 4 aromatic rings. The van der Waals surface area contributed by atoms with Crippen molar-refractivity contribution in [3.05, 3.63) is 83.1 Å². The van der Waals surface area contributed by atoms with Crippen molar-refractivity contribution in [1.82, 2.24) is 9.97 Å². The molecule has 0 aliphatic carbocycles. The average Bonchev–Trinajstić information content (AvgIpc) is 3.23. The summed E-state index contributed by atoms with van der Waals surface area (Å²) >= 11 is 7.79. The molecule has 2 heterocycles. The topological polar surface area (TPSA) is 55.3 Å². The van der Waals surface area contributed by atoms with E-state index in [0.717, 1.165) is 27.2 Å². The predicted octanol–water partition coefficient (Wildman–Crippen LogP) is 5.66. The summed E-state index contributed by atoms with van der Waals surface area (Å²) in [6.45, 7) is 2.61. The van der Waals surface area contributed by atoms with Gasteiger partial charge in [-0.2, -0.15) is 0 Å². The van der Waals surface area contributed by atoms with E-state index in [1.165, 1.54) is 11.3 Å². The molecule has 1 amide bonds. The van der Waals surface area contributed by atoms with Gasteiger partial charge < -0.3 is 4.74 Å². The summed E-state index contributed by atoms with van der Waals surface area (Å²) in [5.74, 6) is 0.661. The number of fused-ring (bicyclic) bond motifs is 1. The second kappa shape index (κ2) is 9.24. The quantitative estimate of drug-likeness (QED) is 0.374. The first-order valence-corrected chi connectivity index (χ1v) is 10.7. The third-order valence-electron chi connectivity index (χ3n) is 4.59. The van der Waals surface area contributed by atoms with Crippen LogP contribution in [-0.2, 0) is 11.3 Å². The normalized spacial score (nSPS) is 10.9.